The zero-order chi connectivity index (χ0) is 12.6. The van der Waals surface area contributed by atoms with Gasteiger partial charge < -0.3 is 14.8 Å². The summed E-state index contributed by atoms with van der Waals surface area (Å²) in [6.07, 6.45) is 3.55. The molecule has 4 nitrogen and oxygen atoms in total. The lowest BCUT2D eigenvalue weighted by Gasteiger charge is -2.21. The lowest BCUT2D eigenvalue weighted by molar-refractivity contribution is -0.139. The van der Waals surface area contributed by atoms with Gasteiger partial charge in [0.2, 0.25) is 5.76 Å². The SMILES string of the molecule is C=CCNCC(C)(C)/C=C(\OC)C(=O)OC. The number of hydrogen-bond donors (Lipinski definition) is 1. The van der Waals surface area contributed by atoms with Crippen LogP contribution in [0.2, 0.25) is 0 Å². The van der Waals surface area contributed by atoms with Crippen molar-refractivity contribution in [2.45, 2.75) is 13.8 Å². The summed E-state index contributed by atoms with van der Waals surface area (Å²) in [5.74, 6) is -0.229. The van der Waals surface area contributed by atoms with Crippen LogP contribution in [-0.4, -0.2) is 33.3 Å². The van der Waals surface area contributed by atoms with E-state index in [0.717, 1.165) is 13.1 Å². The molecule has 0 heterocycles. The Bertz CT molecular complexity index is 269. The van der Waals surface area contributed by atoms with Crippen LogP contribution in [0.5, 0.6) is 0 Å². The van der Waals surface area contributed by atoms with E-state index in [0.29, 0.717) is 0 Å². The molecule has 0 spiro atoms. The van der Waals surface area contributed by atoms with Crippen LogP contribution in [0.15, 0.2) is 24.5 Å². The first-order valence-corrected chi connectivity index (χ1v) is 5.13. The van der Waals surface area contributed by atoms with Crippen LogP contribution in [0.25, 0.3) is 0 Å². The van der Waals surface area contributed by atoms with Crippen molar-refractivity contribution in [3.63, 3.8) is 0 Å². The van der Waals surface area contributed by atoms with E-state index in [2.05, 4.69) is 16.6 Å². The first-order valence-electron chi connectivity index (χ1n) is 5.13. The fraction of sp³-hybridized carbons (Fsp3) is 0.583. The summed E-state index contributed by atoms with van der Waals surface area (Å²) in [6.45, 7) is 9.09. The van der Waals surface area contributed by atoms with Crippen molar-refractivity contribution in [3.05, 3.63) is 24.5 Å². The number of hydrogen-bond acceptors (Lipinski definition) is 4. The maximum Gasteiger partial charge on any atom is 0.372 e. The van der Waals surface area contributed by atoms with Crippen LogP contribution in [-0.2, 0) is 14.3 Å². The topological polar surface area (TPSA) is 47.6 Å². The standard InChI is InChI=1S/C12H21NO3/c1-6-7-13-9-12(2,3)8-10(15-4)11(14)16-5/h6,8,13H,1,7,9H2,2-5H3/b10-8-. The Balaban J connectivity index is 4.53. The maximum absolute atomic E-state index is 11.3. The Hall–Kier alpha value is -1.29. The quantitative estimate of drug-likeness (QED) is 0.235. The highest BCUT2D eigenvalue weighted by atomic mass is 16.6. The van der Waals surface area contributed by atoms with Gasteiger partial charge in [0, 0.05) is 13.1 Å². The van der Waals surface area contributed by atoms with Crippen LogP contribution in [0, 0.1) is 5.41 Å². The monoisotopic (exact) mass is 227 g/mol. The van der Waals surface area contributed by atoms with E-state index in [4.69, 9.17) is 4.74 Å². The van der Waals surface area contributed by atoms with Gasteiger partial charge in [-0.15, -0.1) is 6.58 Å². The van der Waals surface area contributed by atoms with Crippen LogP contribution < -0.4 is 5.32 Å². The number of carbonyl (C=O) groups is 1. The predicted molar refractivity (Wildman–Crippen MR) is 64.0 cm³/mol. The van der Waals surface area contributed by atoms with Crippen molar-refractivity contribution >= 4 is 5.97 Å². The van der Waals surface area contributed by atoms with Gasteiger partial charge in [-0.25, -0.2) is 4.79 Å². The molecule has 0 amide bonds. The molecule has 0 radical (unpaired) electrons. The number of ether oxygens (including phenoxy) is 2. The molecule has 92 valence electrons. The van der Waals surface area contributed by atoms with Crippen LogP contribution in [0.4, 0.5) is 0 Å². The second-order valence-corrected chi connectivity index (χ2v) is 4.11. The molecule has 0 aliphatic carbocycles. The molecule has 1 N–H and O–H groups in total. The van der Waals surface area contributed by atoms with Gasteiger partial charge in [-0.1, -0.05) is 19.9 Å². The van der Waals surface area contributed by atoms with Gasteiger partial charge in [0.25, 0.3) is 0 Å². The third-order valence-corrected chi connectivity index (χ3v) is 2.00. The molecule has 16 heavy (non-hydrogen) atoms. The molecule has 0 rings (SSSR count). The zero-order valence-corrected chi connectivity index (χ0v) is 10.5. The molecular formula is C12H21NO3. The Morgan fingerprint density at radius 3 is 2.44 bits per heavy atom. The van der Waals surface area contributed by atoms with Gasteiger partial charge in [0.1, 0.15) is 0 Å². The van der Waals surface area contributed by atoms with Gasteiger partial charge in [-0.3, -0.25) is 0 Å². The normalized spacial score (nSPS) is 12.1. The van der Waals surface area contributed by atoms with E-state index in [9.17, 15) is 4.79 Å². The summed E-state index contributed by atoms with van der Waals surface area (Å²) in [6, 6.07) is 0. The minimum absolute atomic E-state index is 0.192. The Morgan fingerprint density at radius 2 is 2.00 bits per heavy atom. The molecule has 0 aromatic carbocycles. The fourth-order valence-electron chi connectivity index (χ4n) is 1.20. The minimum Gasteiger partial charge on any atom is -0.490 e. The molecule has 4 heteroatoms. The number of rotatable bonds is 7. The smallest absolute Gasteiger partial charge is 0.372 e. The van der Waals surface area contributed by atoms with E-state index in [1.54, 1.807) is 12.2 Å². The third-order valence-electron chi connectivity index (χ3n) is 2.00. The van der Waals surface area contributed by atoms with Crippen LogP contribution in [0.3, 0.4) is 0 Å². The van der Waals surface area contributed by atoms with E-state index < -0.39 is 5.97 Å². The number of esters is 1. The third kappa shape index (κ3) is 5.56. The highest BCUT2D eigenvalue weighted by Gasteiger charge is 2.19. The molecule has 0 aromatic rings. The number of methoxy groups -OCH3 is 2. The van der Waals surface area contributed by atoms with Gasteiger partial charge in [0.05, 0.1) is 14.2 Å². The van der Waals surface area contributed by atoms with Crippen molar-refractivity contribution in [1.82, 2.24) is 5.32 Å². The van der Waals surface area contributed by atoms with Gasteiger partial charge in [-0.2, -0.15) is 0 Å². The summed E-state index contributed by atoms with van der Waals surface area (Å²) in [4.78, 5) is 11.3. The van der Waals surface area contributed by atoms with E-state index in [-0.39, 0.29) is 11.2 Å². The van der Waals surface area contributed by atoms with Crippen molar-refractivity contribution in [1.29, 1.82) is 0 Å². The Labute approximate surface area is 97.3 Å². The highest BCUT2D eigenvalue weighted by Crippen LogP contribution is 2.19. The van der Waals surface area contributed by atoms with E-state index in [1.165, 1.54) is 14.2 Å². The summed E-state index contributed by atoms with van der Waals surface area (Å²) in [5.41, 5.74) is -0.192. The van der Waals surface area contributed by atoms with Crippen molar-refractivity contribution in [2.24, 2.45) is 5.41 Å². The fourth-order valence-corrected chi connectivity index (χ4v) is 1.20. The molecule has 0 aliphatic heterocycles. The Morgan fingerprint density at radius 1 is 1.38 bits per heavy atom. The second-order valence-electron chi connectivity index (χ2n) is 4.11. The van der Waals surface area contributed by atoms with E-state index >= 15 is 0 Å². The second kappa shape index (κ2) is 7.06. The molecule has 0 atom stereocenters. The molecule has 0 aliphatic rings. The first-order chi connectivity index (χ1) is 7.46. The minimum atomic E-state index is -0.459. The Kier molecular flexibility index (Phi) is 6.49. The average Bonchev–Trinajstić information content (AvgIpc) is 2.25. The first kappa shape index (κ1) is 14.7. The molecule has 0 saturated carbocycles. The van der Waals surface area contributed by atoms with Crippen molar-refractivity contribution in [3.8, 4) is 0 Å². The van der Waals surface area contributed by atoms with Crippen LogP contribution >= 0.6 is 0 Å². The molecule has 0 bridgehead atoms. The van der Waals surface area contributed by atoms with Crippen LogP contribution in [0.1, 0.15) is 13.8 Å². The van der Waals surface area contributed by atoms with Gasteiger partial charge in [-0.05, 0) is 11.5 Å². The summed E-state index contributed by atoms with van der Waals surface area (Å²) >= 11 is 0. The molecule has 0 aromatic heterocycles. The number of nitrogens with one attached hydrogen (secondary N) is 1. The van der Waals surface area contributed by atoms with E-state index in [1.807, 2.05) is 13.8 Å². The zero-order valence-electron chi connectivity index (χ0n) is 10.5. The van der Waals surface area contributed by atoms with Crippen molar-refractivity contribution < 1.29 is 14.3 Å². The molecule has 0 fully saturated rings. The summed E-state index contributed by atoms with van der Waals surface area (Å²) in [7, 11) is 2.79. The van der Waals surface area contributed by atoms with Gasteiger partial charge in [0.15, 0.2) is 0 Å². The van der Waals surface area contributed by atoms with Crippen molar-refractivity contribution in [2.75, 3.05) is 27.3 Å². The predicted octanol–water partition coefficient (Wildman–Crippen LogP) is 1.49. The highest BCUT2D eigenvalue weighted by molar-refractivity contribution is 5.86. The summed E-state index contributed by atoms with van der Waals surface area (Å²) in [5, 5.41) is 3.19. The maximum atomic E-state index is 11.3. The lowest BCUT2D eigenvalue weighted by Crippen LogP contribution is -2.29. The largest absolute Gasteiger partial charge is 0.490 e. The molecular weight excluding hydrogens is 206 g/mol. The molecule has 0 saturated heterocycles. The average molecular weight is 227 g/mol. The summed E-state index contributed by atoms with van der Waals surface area (Å²) < 4.78 is 9.59. The van der Waals surface area contributed by atoms with Gasteiger partial charge >= 0.3 is 5.97 Å². The molecule has 0 unspecified atom stereocenters. The number of carbonyl (C=O) groups excluding carboxylic acids is 1. The lowest BCUT2D eigenvalue weighted by atomic mass is 9.92.